The third kappa shape index (κ3) is 3.97. The van der Waals surface area contributed by atoms with E-state index in [1.165, 1.54) is 0 Å². The molecule has 0 unspecified atom stereocenters. The molecule has 27 heavy (non-hydrogen) atoms. The maximum atomic E-state index is 6.28. The molecular formula is C18H22ClN7O. The molecule has 0 spiro atoms. The number of hydrogen-bond donors (Lipinski definition) is 2. The number of halogens is 1. The Hall–Kier alpha value is -2.42. The van der Waals surface area contributed by atoms with E-state index < -0.39 is 0 Å². The SMILES string of the molecule is NCCCn1cc(Cl)c2cnc(Nc3ccc(N4CCOCC4)nc3)nc21. The Balaban J connectivity index is 1.52. The van der Waals surface area contributed by atoms with Crippen LogP contribution < -0.4 is 16.0 Å². The quantitative estimate of drug-likeness (QED) is 0.670. The van der Waals surface area contributed by atoms with E-state index in [4.69, 9.17) is 22.1 Å². The van der Waals surface area contributed by atoms with Gasteiger partial charge < -0.3 is 25.3 Å². The predicted octanol–water partition coefficient (Wildman–Crippen LogP) is 2.41. The van der Waals surface area contributed by atoms with Crippen LogP contribution in [0.3, 0.4) is 0 Å². The minimum Gasteiger partial charge on any atom is -0.378 e. The summed E-state index contributed by atoms with van der Waals surface area (Å²) in [6, 6.07) is 3.97. The van der Waals surface area contributed by atoms with Gasteiger partial charge in [-0.05, 0) is 25.1 Å². The molecule has 8 nitrogen and oxygen atoms in total. The summed E-state index contributed by atoms with van der Waals surface area (Å²) in [6.07, 6.45) is 6.26. The lowest BCUT2D eigenvalue weighted by atomic mass is 10.3. The van der Waals surface area contributed by atoms with Crippen molar-refractivity contribution in [2.75, 3.05) is 43.1 Å². The molecule has 1 saturated heterocycles. The molecule has 1 aliphatic heterocycles. The van der Waals surface area contributed by atoms with Crippen molar-refractivity contribution in [2.24, 2.45) is 5.73 Å². The lowest BCUT2D eigenvalue weighted by molar-refractivity contribution is 0.122. The van der Waals surface area contributed by atoms with Crippen molar-refractivity contribution >= 4 is 40.1 Å². The fourth-order valence-corrected chi connectivity index (χ4v) is 3.34. The molecule has 1 fully saturated rings. The van der Waals surface area contributed by atoms with E-state index in [1.54, 1.807) is 12.4 Å². The predicted molar refractivity (Wildman–Crippen MR) is 107 cm³/mol. The van der Waals surface area contributed by atoms with Gasteiger partial charge in [0.25, 0.3) is 0 Å². The first kappa shape index (κ1) is 18.0. The number of nitrogens with zero attached hydrogens (tertiary/aromatic N) is 5. The van der Waals surface area contributed by atoms with Crippen LogP contribution in [0, 0.1) is 0 Å². The fraction of sp³-hybridized carbons (Fsp3) is 0.389. The van der Waals surface area contributed by atoms with Gasteiger partial charge in [-0.2, -0.15) is 4.98 Å². The van der Waals surface area contributed by atoms with Crippen molar-refractivity contribution in [3.05, 3.63) is 35.7 Å². The number of nitrogens with two attached hydrogens (primary N) is 1. The molecule has 3 aromatic heterocycles. The van der Waals surface area contributed by atoms with E-state index in [0.29, 0.717) is 17.5 Å². The molecule has 0 amide bonds. The monoisotopic (exact) mass is 387 g/mol. The summed E-state index contributed by atoms with van der Waals surface area (Å²) in [5.74, 6) is 1.45. The number of aryl methyl sites for hydroxylation is 1. The van der Waals surface area contributed by atoms with Crippen molar-refractivity contribution in [3.63, 3.8) is 0 Å². The van der Waals surface area contributed by atoms with Gasteiger partial charge >= 0.3 is 0 Å². The summed E-state index contributed by atoms with van der Waals surface area (Å²) in [6.45, 7) is 4.59. The molecule has 3 aromatic rings. The number of rotatable bonds is 6. The second kappa shape index (κ2) is 8.08. The van der Waals surface area contributed by atoms with Crippen molar-refractivity contribution in [1.82, 2.24) is 19.5 Å². The third-order valence-corrected chi connectivity index (χ3v) is 4.81. The first-order chi connectivity index (χ1) is 13.2. The maximum Gasteiger partial charge on any atom is 0.229 e. The van der Waals surface area contributed by atoms with Crippen LogP contribution in [0.15, 0.2) is 30.7 Å². The number of morpholine rings is 1. The van der Waals surface area contributed by atoms with Crippen LogP contribution in [0.25, 0.3) is 11.0 Å². The summed E-state index contributed by atoms with van der Waals surface area (Å²) in [5, 5.41) is 4.69. The van der Waals surface area contributed by atoms with Gasteiger partial charge in [0.15, 0.2) is 0 Å². The standard InChI is InChI=1S/C18H22ClN7O/c19-15-12-26(5-1-4-20)17-14(15)11-22-18(24-17)23-13-2-3-16(21-10-13)25-6-8-27-9-7-25/h2-3,10-12H,1,4-9,20H2,(H,22,23,24). The number of pyridine rings is 1. The summed E-state index contributed by atoms with van der Waals surface area (Å²) in [7, 11) is 0. The zero-order valence-electron chi connectivity index (χ0n) is 14.9. The molecule has 1 aliphatic rings. The Morgan fingerprint density at radius 1 is 1.19 bits per heavy atom. The Bertz CT molecular complexity index is 906. The Morgan fingerprint density at radius 2 is 2.04 bits per heavy atom. The van der Waals surface area contributed by atoms with Crippen LogP contribution in [0.1, 0.15) is 6.42 Å². The van der Waals surface area contributed by atoms with E-state index in [1.807, 2.05) is 22.9 Å². The number of hydrogen-bond acceptors (Lipinski definition) is 7. The molecule has 9 heteroatoms. The van der Waals surface area contributed by atoms with Crippen LogP contribution in [0.2, 0.25) is 5.02 Å². The van der Waals surface area contributed by atoms with Gasteiger partial charge in [0.05, 0.1) is 35.5 Å². The minimum absolute atomic E-state index is 0.507. The number of aromatic nitrogens is 4. The number of anilines is 3. The molecule has 4 rings (SSSR count). The van der Waals surface area contributed by atoms with Crippen molar-refractivity contribution in [2.45, 2.75) is 13.0 Å². The highest BCUT2D eigenvalue weighted by atomic mass is 35.5. The van der Waals surface area contributed by atoms with Crippen molar-refractivity contribution in [1.29, 1.82) is 0 Å². The Labute approximate surface area is 162 Å². The molecule has 0 radical (unpaired) electrons. The van der Waals surface area contributed by atoms with Crippen LogP contribution in [0.4, 0.5) is 17.5 Å². The van der Waals surface area contributed by atoms with Crippen LogP contribution in [-0.2, 0) is 11.3 Å². The van der Waals surface area contributed by atoms with Gasteiger partial charge in [-0.3, -0.25) is 0 Å². The lowest BCUT2D eigenvalue weighted by Crippen LogP contribution is -2.36. The summed E-state index contributed by atoms with van der Waals surface area (Å²) in [4.78, 5) is 15.7. The minimum atomic E-state index is 0.507. The van der Waals surface area contributed by atoms with Crippen LogP contribution >= 0.6 is 11.6 Å². The topological polar surface area (TPSA) is 94.1 Å². The second-order valence-corrected chi connectivity index (χ2v) is 6.78. The highest BCUT2D eigenvalue weighted by Gasteiger charge is 2.13. The van der Waals surface area contributed by atoms with Crippen molar-refractivity contribution in [3.8, 4) is 0 Å². The van der Waals surface area contributed by atoms with Gasteiger partial charge in [-0.15, -0.1) is 0 Å². The number of nitrogens with one attached hydrogen (secondary N) is 1. The maximum absolute atomic E-state index is 6.28. The van der Waals surface area contributed by atoms with Gasteiger partial charge in [0, 0.05) is 32.0 Å². The molecule has 3 N–H and O–H groups in total. The number of ether oxygens (including phenoxy) is 1. The van der Waals surface area contributed by atoms with E-state index >= 15 is 0 Å². The third-order valence-electron chi connectivity index (χ3n) is 4.51. The molecule has 142 valence electrons. The highest BCUT2D eigenvalue weighted by Crippen LogP contribution is 2.26. The number of fused-ring (bicyclic) bond motifs is 1. The zero-order valence-corrected chi connectivity index (χ0v) is 15.7. The van der Waals surface area contributed by atoms with Crippen LogP contribution in [0.5, 0.6) is 0 Å². The van der Waals surface area contributed by atoms with Crippen LogP contribution in [-0.4, -0.2) is 52.4 Å². The molecule has 0 bridgehead atoms. The normalized spacial score (nSPS) is 14.7. The molecule has 0 saturated carbocycles. The first-order valence-corrected chi connectivity index (χ1v) is 9.39. The largest absolute Gasteiger partial charge is 0.378 e. The molecule has 0 aliphatic carbocycles. The highest BCUT2D eigenvalue weighted by molar-refractivity contribution is 6.35. The van der Waals surface area contributed by atoms with E-state index in [-0.39, 0.29) is 0 Å². The molecular weight excluding hydrogens is 366 g/mol. The Morgan fingerprint density at radius 3 is 2.78 bits per heavy atom. The van der Waals surface area contributed by atoms with Gasteiger partial charge in [-0.1, -0.05) is 11.6 Å². The molecule has 0 atom stereocenters. The average molecular weight is 388 g/mol. The Kier molecular flexibility index (Phi) is 5.38. The smallest absolute Gasteiger partial charge is 0.229 e. The van der Waals surface area contributed by atoms with Gasteiger partial charge in [0.1, 0.15) is 11.5 Å². The van der Waals surface area contributed by atoms with Gasteiger partial charge in [0.2, 0.25) is 5.95 Å². The van der Waals surface area contributed by atoms with Crippen molar-refractivity contribution < 1.29 is 4.74 Å². The fourth-order valence-electron chi connectivity index (χ4n) is 3.09. The van der Waals surface area contributed by atoms with Gasteiger partial charge in [-0.25, -0.2) is 9.97 Å². The average Bonchev–Trinajstić information content (AvgIpc) is 3.03. The first-order valence-electron chi connectivity index (χ1n) is 9.02. The summed E-state index contributed by atoms with van der Waals surface area (Å²) < 4.78 is 7.39. The molecule has 0 aromatic carbocycles. The summed E-state index contributed by atoms with van der Waals surface area (Å²) >= 11 is 6.28. The van der Waals surface area contributed by atoms with E-state index in [9.17, 15) is 0 Å². The van der Waals surface area contributed by atoms with E-state index in [0.717, 1.165) is 61.8 Å². The van der Waals surface area contributed by atoms with E-state index in [2.05, 4.69) is 25.2 Å². The lowest BCUT2D eigenvalue weighted by Gasteiger charge is -2.27. The molecule has 4 heterocycles. The second-order valence-electron chi connectivity index (χ2n) is 6.37. The summed E-state index contributed by atoms with van der Waals surface area (Å²) in [5.41, 5.74) is 7.24. The zero-order chi connectivity index (χ0) is 18.6.